The molecule has 0 saturated carbocycles. The molecule has 2 amide bonds. The molecule has 34 heavy (non-hydrogen) atoms. The number of hydrogen-bond acceptors (Lipinski definition) is 6. The summed E-state index contributed by atoms with van der Waals surface area (Å²) in [4.78, 5) is 33.1. The molecule has 0 aliphatic carbocycles. The van der Waals surface area contributed by atoms with E-state index in [1.54, 1.807) is 41.4 Å². The molecule has 5 rings (SSSR count). The zero-order chi connectivity index (χ0) is 23.8. The van der Waals surface area contributed by atoms with Crippen molar-refractivity contribution in [1.29, 1.82) is 0 Å². The number of nitrogens with one attached hydrogen (secondary N) is 1. The van der Waals surface area contributed by atoms with Crippen molar-refractivity contribution < 1.29 is 14.3 Å². The first-order valence-corrected chi connectivity index (χ1v) is 13.4. The lowest BCUT2D eigenvalue weighted by atomic mass is 10.0. The number of nitrogens with zero attached hydrogens (tertiary/aromatic N) is 2. The maximum atomic E-state index is 13.2. The molecule has 6 nitrogen and oxygen atoms in total. The van der Waals surface area contributed by atoms with Gasteiger partial charge in [-0.25, -0.2) is 9.78 Å². The number of para-hydroxylation sites is 1. The molecule has 0 unspecified atom stereocenters. The molecule has 1 aliphatic heterocycles. The summed E-state index contributed by atoms with van der Waals surface area (Å²) in [6.45, 7) is 3.11. The molecule has 0 saturated heterocycles. The Morgan fingerprint density at radius 2 is 2.06 bits per heavy atom. The van der Waals surface area contributed by atoms with E-state index in [0.717, 1.165) is 35.7 Å². The second-order valence-corrected chi connectivity index (χ2v) is 11.1. The fraction of sp³-hybridized carbons (Fsp3) is 0.208. The number of carbonyl (C=O) groups is 2. The quantitative estimate of drug-likeness (QED) is 0.279. The van der Waals surface area contributed by atoms with Gasteiger partial charge in [-0.15, -0.1) is 22.7 Å². The summed E-state index contributed by atoms with van der Waals surface area (Å²) in [5.74, 6) is -0.297. The minimum absolute atomic E-state index is 0.297. The first-order chi connectivity index (χ1) is 16.4. The highest BCUT2D eigenvalue weighted by atomic mass is 79.9. The fourth-order valence-corrected chi connectivity index (χ4v) is 6.84. The Balaban J connectivity index is 1.57. The maximum Gasteiger partial charge on any atom is 0.410 e. The average Bonchev–Trinajstić information content (AvgIpc) is 3.40. The van der Waals surface area contributed by atoms with Crippen LogP contribution in [0.2, 0.25) is 5.02 Å². The standard InChI is InChI=1S/C24H19BrClN3O3S2/c1-2-32-24(31)29-10-9-14-19(12-29)34-23(28-21(30)15-11-13(25)7-8-16(15)26)20(14)22-27-17-5-3-4-6-18(17)33-22/h3-8,11H,2,9-10,12H2,1H3,(H,28,30). The average molecular weight is 577 g/mol. The molecule has 174 valence electrons. The number of thiazole rings is 1. The van der Waals surface area contributed by atoms with Crippen molar-refractivity contribution in [3.63, 3.8) is 0 Å². The van der Waals surface area contributed by atoms with E-state index in [1.165, 1.54) is 11.3 Å². The van der Waals surface area contributed by atoms with E-state index < -0.39 is 0 Å². The van der Waals surface area contributed by atoms with Gasteiger partial charge in [0, 0.05) is 21.5 Å². The van der Waals surface area contributed by atoms with Crippen molar-refractivity contribution in [3.05, 3.63) is 68.0 Å². The van der Waals surface area contributed by atoms with Crippen LogP contribution in [0.25, 0.3) is 20.8 Å². The van der Waals surface area contributed by atoms with Crippen LogP contribution in [0, 0.1) is 0 Å². The van der Waals surface area contributed by atoms with Gasteiger partial charge in [-0.3, -0.25) is 4.79 Å². The number of thiophene rings is 1. The van der Waals surface area contributed by atoms with Crippen LogP contribution in [-0.4, -0.2) is 35.0 Å². The highest BCUT2D eigenvalue weighted by Crippen LogP contribution is 2.46. The lowest BCUT2D eigenvalue weighted by molar-refractivity contribution is 0.102. The van der Waals surface area contributed by atoms with E-state index in [2.05, 4.69) is 21.2 Å². The van der Waals surface area contributed by atoms with E-state index in [1.807, 2.05) is 24.3 Å². The number of fused-ring (bicyclic) bond motifs is 2. The van der Waals surface area contributed by atoms with Crippen molar-refractivity contribution in [3.8, 4) is 10.6 Å². The molecule has 0 spiro atoms. The van der Waals surface area contributed by atoms with E-state index in [-0.39, 0.29) is 12.0 Å². The molecule has 1 N–H and O–H groups in total. The van der Waals surface area contributed by atoms with Gasteiger partial charge in [0.2, 0.25) is 0 Å². The summed E-state index contributed by atoms with van der Waals surface area (Å²) in [5, 5.41) is 4.99. The number of aromatic nitrogens is 1. The number of amides is 2. The van der Waals surface area contributed by atoms with Crippen molar-refractivity contribution in [2.24, 2.45) is 0 Å². The fourth-order valence-electron chi connectivity index (χ4n) is 3.91. The normalized spacial score (nSPS) is 13.1. The Bertz CT molecular complexity index is 1380. The number of rotatable bonds is 4. The Kier molecular flexibility index (Phi) is 6.61. The van der Waals surface area contributed by atoms with E-state index in [9.17, 15) is 9.59 Å². The SMILES string of the molecule is CCOC(=O)N1CCc2c(sc(NC(=O)c3cc(Br)ccc3Cl)c2-c2nc3ccccc3s2)C1. The largest absolute Gasteiger partial charge is 0.450 e. The second kappa shape index (κ2) is 9.65. The predicted octanol–water partition coefficient (Wildman–Crippen LogP) is 7.21. The van der Waals surface area contributed by atoms with Gasteiger partial charge in [0.15, 0.2) is 0 Å². The van der Waals surface area contributed by atoms with Crippen LogP contribution in [0.5, 0.6) is 0 Å². The zero-order valence-corrected chi connectivity index (χ0v) is 22.0. The molecule has 3 heterocycles. The monoisotopic (exact) mass is 575 g/mol. The zero-order valence-electron chi connectivity index (χ0n) is 18.1. The second-order valence-electron chi connectivity index (χ2n) is 7.64. The Hall–Kier alpha value is -2.46. The molecule has 4 aromatic rings. The summed E-state index contributed by atoms with van der Waals surface area (Å²) >= 11 is 12.8. The lowest BCUT2D eigenvalue weighted by Gasteiger charge is -2.26. The molecule has 0 bridgehead atoms. The van der Waals surface area contributed by atoms with Gasteiger partial charge in [0.05, 0.1) is 34.0 Å². The molecule has 0 radical (unpaired) electrons. The molecule has 0 atom stereocenters. The number of benzene rings is 2. The third-order valence-electron chi connectivity index (χ3n) is 5.49. The number of anilines is 1. The maximum absolute atomic E-state index is 13.2. The highest BCUT2D eigenvalue weighted by molar-refractivity contribution is 9.10. The number of ether oxygens (including phenoxy) is 1. The molecule has 1 aliphatic rings. The van der Waals surface area contributed by atoms with Crippen LogP contribution in [0.15, 0.2) is 46.9 Å². The van der Waals surface area contributed by atoms with Crippen molar-refractivity contribution in [1.82, 2.24) is 9.88 Å². The molecular formula is C24H19BrClN3O3S2. The van der Waals surface area contributed by atoms with Gasteiger partial charge < -0.3 is 15.0 Å². The Labute approximate surface area is 217 Å². The van der Waals surface area contributed by atoms with Crippen molar-refractivity contribution in [2.45, 2.75) is 19.9 Å². The molecule has 0 fully saturated rings. The van der Waals surface area contributed by atoms with Crippen LogP contribution in [0.4, 0.5) is 9.80 Å². The Morgan fingerprint density at radius 3 is 2.85 bits per heavy atom. The highest BCUT2D eigenvalue weighted by Gasteiger charge is 2.30. The summed E-state index contributed by atoms with van der Waals surface area (Å²) in [6, 6.07) is 13.1. The van der Waals surface area contributed by atoms with Crippen LogP contribution >= 0.6 is 50.2 Å². The minimum atomic E-state index is -0.324. The molecule has 2 aromatic carbocycles. The van der Waals surface area contributed by atoms with Crippen molar-refractivity contribution in [2.75, 3.05) is 18.5 Å². The smallest absolute Gasteiger partial charge is 0.410 e. The number of hydrogen-bond donors (Lipinski definition) is 1. The van der Waals surface area contributed by atoms with Crippen LogP contribution in [0.3, 0.4) is 0 Å². The summed E-state index contributed by atoms with van der Waals surface area (Å²) < 4.78 is 7.04. The van der Waals surface area contributed by atoms with Gasteiger partial charge >= 0.3 is 6.09 Å². The third-order valence-corrected chi connectivity index (χ3v) is 8.50. The summed E-state index contributed by atoms with van der Waals surface area (Å²) in [5.41, 5.74) is 3.33. The van der Waals surface area contributed by atoms with Crippen LogP contribution < -0.4 is 5.32 Å². The third kappa shape index (κ3) is 4.45. The van der Waals surface area contributed by atoms with Gasteiger partial charge in [0.1, 0.15) is 10.0 Å². The van der Waals surface area contributed by atoms with Gasteiger partial charge in [-0.1, -0.05) is 39.7 Å². The van der Waals surface area contributed by atoms with Crippen LogP contribution in [-0.2, 0) is 17.7 Å². The van der Waals surface area contributed by atoms with E-state index >= 15 is 0 Å². The van der Waals surface area contributed by atoms with E-state index in [0.29, 0.717) is 41.7 Å². The van der Waals surface area contributed by atoms with Crippen molar-refractivity contribution >= 4 is 77.4 Å². The first-order valence-electron chi connectivity index (χ1n) is 10.6. The van der Waals surface area contributed by atoms with Gasteiger partial charge in [0.25, 0.3) is 5.91 Å². The molecular weight excluding hydrogens is 558 g/mol. The van der Waals surface area contributed by atoms with Gasteiger partial charge in [-0.2, -0.15) is 0 Å². The molecule has 10 heteroatoms. The topological polar surface area (TPSA) is 71.5 Å². The lowest BCUT2D eigenvalue weighted by Crippen LogP contribution is -2.35. The summed E-state index contributed by atoms with van der Waals surface area (Å²) in [6.07, 6.45) is 0.332. The van der Waals surface area contributed by atoms with Gasteiger partial charge in [-0.05, 0) is 49.2 Å². The number of carbonyl (C=O) groups excluding carboxylic acids is 2. The number of halogens is 2. The summed E-state index contributed by atoms with van der Waals surface area (Å²) in [7, 11) is 0. The van der Waals surface area contributed by atoms with E-state index in [4.69, 9.17) is 21.3 Å². The van der Waals surface area contributed by atoms with Crippen LogP contribution in [0.1, 0.15) is 27.7 Å². The Morgan fingerprint density at radius 1 is 1.24 bits per heavy atom. The minimum Gasteiger partial charge on any atom is -0.450 e. The first kappa shape index (κ1) is 23.3. The predicted molar refractivity (Wildman–Crippen MR) is 141 cm³/mol. The molecule has 2 aromatic heterocycles.